The number of rotatable bonds is 3. The van der Waals surface area contributed by atoms with Crippen LogP contribution in [0.3, 0.4) is 0 Å². The molecule has 0 aliphatic carbocycles. The summed E-state index contributed by atoms with van der Waals surface area (Å²) in [5, 5.41) is 1.87. The molecular formula is C17H17ClN4S. The van der Waals surface area contributed by atoms with Crippen LogP contribution in [-0.4, -0.2) is 41.0 Å². The topological polar surface area (TPSA) is 32.3 Å². The molecule has 0 amide bonds. The van der Waals surface area contributed by atoms with Crippen LogP contribution in [0.4, 0.5) is 5.13 Å². The zero-order chi connectivity index (χ0) is 15.6. The van der Waals surface area contributed by atoms with Crippen LogP contribution >= 0.6 is 22.9 Å². The Balaban J connectivity index is 1.42. The third-order valence-electron chi connectivity index (χ3n) is 4.11. The minimum Gasteiger partial charge on any atom is -0.345 e. The Labute approximate surface area is 144 Å². The largest absolute Gasteiger partial charge is 0.345 e. The van der Waals surface area contributed by atoms with Gasteiger partial charge < -0.3 is 4.90 Å². The first kappa shape index (κ1) is 14.9. The van der Waals surface area contributed by atoms with Crippen molar-refractivity contribution in [1.29, 1.82) is 0 Å². The van der Waals surface area contributed by atoms with Crippen molar-refractivity contribution in [2.75, 3.05) is 31.1 Å². The van der Waals surface area contributed by atoms with Gasteiger partial charge in [0.2, 0.25) is 0 Å². The van der Waals surface area contributed by atoms with Crippen molar-refractivity contribution in [2.24, 2.45) is 0 Å². The van der Waals surface area contributed by atoms with Crippen molar-refractivity contribution in [2.45, 2.75) is 6.54 Å². The van der Waals surface area contributed by atoms with Crippen molar-refractivity contribution in [3.8, 4) is 0 Å². The van der Waals surface area contributed by atoms with Crippen LogP contribution in [0, 0.1) is 0 Å². The van der Waals surface area contributed by atoms with Gasteiger partial charge in [-0.1, -0.05) is 29.0 Å². The molecule has 3 aromatic rings. The van der Waals surface area contributed by atoms with Crippen molar-refractivity contribution < 1.29 is 0 Å². The summed E-state index contributed by atoms with van der Waals surface area (Å²) < 4.78 is 1.16. The van der Waals surface area contributed by atoms with E-state index in [-0.39, 0.29) is 0 Å². The maximum atomic E-state index is 6.06. The lowest BCUT2D eigenvalue weighted by atomic mass is 10.2. The van der Waals surface area contributed by atoms with Crippen molar-refractivity contribution in [3.05, 3.63) is 53.3 Å². The normalized spacial score (nSPS) is 16.1. The molecule has 0 spiro atoms. The summed E-state index contributed by atoms with van der Waals surface area (Å²) in [5.41, 5.74) is 2.31. The summed E-state index contributed by atoms with van der Waals surface area (Å²) in [6.45, 7) is 5.08. The van der Waals surface area contributed by atoms with Crippen molar-refractivity contribution in [1.82, 2.24) is 14.9 Å². The van der Waals surface area contributed by atoms with Crippen molar-refractivity contribution in [3.63, 3.8) is 0 Å². The minimum absolute atomic E-state index is 0.772. The number of fused-ring (bicyclic) bond motifs is 1. The lowest BCUT2D eigenvalue weighted by Gasteiger charge is -2.34. The Bertz CT molecular complexity index is 797. The molecule has 3 heterocycles. The van der Waals surface area contributed by atoms with Gasteiger partial charge in [-0.25, -0.2) is 4.98 Å². The fourth-order valence-electron chi connectivity index (χ4n) is 2.87. The number of halogens is 1. The van der Waals surface area contributed by atoms with E-state index in [1.807, 2.05) is 36.7 Å². The molecule has 1 saturated heterocycles. The van der Waals surface area contributed by atoms with E-state index in [1.54, 1.807) is 11.3 Å². The van der Waals surface area contributed by atoms with Crippen molar-refractivity contribution >= 4 is 38.3 Å². The molecule has 0 radical (unpaired) electrons. The zero-order valence-electron chi connectivity index (χ0n) is 12.7. The number of pyridine rings is 1. The highest BCUT2D eigenvalue weighted by atomic mass is 35.5. The van der Waals surface area contributed by atoms with E-state index >= 15 is 0 Å². The molecule has 1 aliphatic rings. The van der Waals surface area contributed by atoms with Gasteiger partial charge >= 0.3 is 0 Å². The second-order valence-corrected chi connectivity index (χ2v) is 7.18. The predicted octanol–water partition coefficient (Wildman–Crippen LogP) is 3.67. The Kier molecular flexibility index (Phi) is 4.16. The van der Waals surface area contributed by atoms with Gasteiger partial charge in [-0.3, -0.25) is 9.88 Å². The molecule has 4 nitrogen and oxygen atoms in total. The summed E-state index contributed by atoms with van der Waals surface area (Å²) in [6.07, 6.45) is 3.77. The van der Waals surface area contributed by atoms with Crippen LogP contribution in [-0.2, 0) is 6.54 Å². The van der Waals surface area contributed by atoms with Gasteiger partial charge in [0.05, 0.1) is 10.2 Å². The number of thiazole rings is 1. The molecule has 0 atom stereocenters. The summed E-state index contributed by atoms with van der Waals surface area (Å²) >= 11 is 7.79. The zero-order valence-corrected chi connectivity index (χ0v) is 14.2. The van der Waals surface area contributed by atoms with E-state index < -0.39 is 0 Å². The van der Waals surface area contributed by atoms with Gasteiger partial charge in [-0.05, 0) is 29.8 Å². The number of aromatic nitrogens is 2. The van der Waals surface area contributed by atoms with E-state index in [2.05, 4.69) is 20.9 Å². The molecule has 23 heavy (non-hydrogen) atoms. The Morgan fingerprint density at radius 3 is 2.78 bits per heavy atom. The van der Waals surface area contributed by atoms with Gasteiger partial charge in [-0.15, -0.1) is 0 Å². The standard InChI is InChI=1S/C17H17ClN4S/c18-14-3-4-15-16(10-14)23-17(20-15)22-8-6-21(7-9-22)12-13-2-1-5-19-11-13/h1-5,10-11H,6-9,12H2. The third kappa shape index (κ3) is 3.32. The van der Waals surface area contributed by atoms with Crippen LogP contribution in [0.15, 0.2) is 42.7 Å². The van der Waals surface area contributed by atoms with E-state index in [4.69, 9.17) is 16.6 Å². The molecule has 1 fully saturated rings. The monoisotopic (exact) mass is 344 g/mol. The molecule has 0 bridgehead atoms. The molecule has 0 N–H and O–H groups in total. The average molecular weight is 345 g/mol. The number of anilines is 1. The Morgan fingerprint density at radius 1 is 1.13 bits per heavy atom. The smallest absolute Gasteiger partial charge is 0.186 e. The first-order valence-electron chi connectivity index (χ1n) is 7.70. The first-order chi connectivity index (χ1) is 11.3. The predicted molar refractivity (Wildman–Crippen MR) is 96.4 cm³/mol. The fourth-order valence-corrected chi connectivity index (χ4v) is 4.16. The molecule has 4 rings (SSSR count). The molecular weight excluding hydrogens is 328 g/mol. The summed E-state index contributed by atoms with van der Waals surface area (Å²) in [5.74, 6) is 0. The number of hydrogen-bond acceptors (Lipinski definition) is 5. The van der Waals surface area contributed by atoms with E-state index in [0.29, 0.717) is 0 Å². The maximum Gasteiger partial charge on any atom is 0.186 e. The molecule has 1 aliphatic heterocycles. The lowest BCUT2D eigenvalue weighted by Crippen LogP contribution is -2.45. The Hall–Kier alpha value is -1.69. The SMILES string of the molecule is Clc1ccc2nc(N3CCN(Cc4cccnc4)CC3)sc2c1. The summed E-state index contributed by atoms with van der Waals surface area (Å²) in [7, 11) is 0. The second-order valence-electron chi connectivity index (χ2n) is 5.73. The molecule has 1 aromatic carbocycles. The van der Waals surface area contributed by atoms with Gasteiger partial charge in [-0.2, -0.15) is 0 Å². The van der Waals surface area contributed by atoms with Crippen LogP contribution in [0.5, 0.6) is 0 Å². The average Bonchev–Trinajstić information content (AvgIpc) is 2.99. The van der Waals surface area contributed by atoms with Crippen LogP contribution < -0.4 is 4.90 Å². The van der Waals surface area contributed by atoms with Crippen LogP contribution in [0.1, 0.15) is 5.56 Å². The lowest BCUT2D eigenvalue weighted by molar-refractivity contribution is 0.249. The van der Waals surface area contributed by atoms with Crippen LogP contribution in [0.25, 0.3) is 10.2 Å². The Morgan fingerprint density at radius 2 is 2.00 bits per heavy atom. The highest BCUT2D eigenvalue weighted by Crippen LogP contribution is 2.31. The second kappa shape index (κ2) is 6.43. The molecule has 0 unspecified atom stereocenters. The first-order valence-corrected chi connectivity index (χ1v) is 8.90. The van der Waals surface area contributed by atoms with Gasteiger partial charge in [0.15, 0.2) is 5.13 Å². The number of nitrogens with zero attached hydrogens (tertiary/aromatic N) is 4. The quantitative estimate of drug-likeness (QED) is 0.725. The van der Waals surface area contributed by atoms with E-state index in [1.165, 1.54) is 5.56 Å². The highest BCUT2D eigenvalue weighted by Gasteiger charge is 2.20. The third-order valence-corrected chi connectivity index (χ3v) is 5.43. The molecule has 118 valence electrons. The highest BCUT2D eigenvalue weighted by molar-refractivity contribution is 7.22. The number of benzene rings is 1. The van der Waals surface area contributed by atoms with Gasteiger partial charge in [0.1, 0.15) is 0 Å². The fraction of sp³-hybridized carbons (Fsp3) is 0.294. The molecule has 2 aromatic heterocycles. The number of hydrogen-bond donors (Lipinski definition) is 0. The van der Waals surface area contributed by atoms with E-state index in [9.17, 15) is 0 Å². The maximum absolute atomic E-state index is 6.06. The molecule has 0 saturated carbocycles. The van der Waals surface area contributed by atoms with Gasteiger partial charge in [0.25, 0.3) is 0 Å². The summed E-state index contributed by atoms with van der Waals surface area (Å²) in [6, 6.07) is 10.0. The van der Waals surface area contributed by atoms with Gasteiger partial charge in [0, 0.05) is 50.1 Å². The summed E-state index contributed by atoms with van der Waals surface area (Å²) in [4.78, 5) is 13.8. The van der Waals surface area contributed by atoms with E-state index in [0.717, 1.165) is 53.1 Å². The van der Waals surface area contributed by atoms with Crippen LogP contribution in [0.2, 0.25) is 5.02 Å². The number of piperazine rings is 1. The molecule has 6 heteroatoms. The minimum atomic E-state index is 0.772.